The molecule has 1 aromatic heterocycles. The lowest BCUT2D eigenvalue weighted by molar-refractivity contribution is 0.0681. The number of piperidine rings is 1. The van der Waals surface area contributed by atoms with Gasteiger partial charge in [0.2, 0.25) is 0 Å². The smallest absolute Gasteiger partial charge is 0.274 e. The Balaban J connectivity index is 1.94. The second-order valence-electron chi connectivity index (χ2n) is 4.76. The van der Waals surface area contributed by atoms with Gasteiger partial charge in [-0.05, 0) is 46.8 Å². The van der Waals surface area contributed by atoms with Crippen molar-refractivity contribution in [3.63, 3.8) is 0 Å². The highest BCUT2D eigenvalue weighted by Gasteiger charge is 2.25. The summed E-state index contributed by atoms with van der Waals surface area (Å²) in [6.07, 6.45) is 1.76. The molecule has 0 aromatic carbocycles. The number of rotatable bonds is 4. The molecule has 0 spiro atoms. The predicted octanol–water partition coefficient (Wildman–Crippen LogP) is 1.16. The van der Waals surface area contributed by atoms with Crippen molar-refractivity contribution in [3.8, 4) is 0 Å². The van der Waals surface area contributed by atoms with Crippen LogP contribution < -0.4 is 9.86 Å². The Labute approximate surface area is 130 Å². The molecule has 3 N–H and O–H groups in total. The molecule has 9 heteroatoms. The zero-order valence-corrected chi connectivity index (χ0v) is 13.9. The standard InChI is InChI=1S/C11H16BrN3O3S2/c12-10-4-3-9(19-10)11(16)15-5-1-2-8(7-15)6-14-20(13,17)18/h3-4,8,14H,1-2,5-7H2,(H2,13,17,18). The average Bonchev–Trinajstić information content (AvgIpc) is 2.82. The van der Waals surface area contributed by atoms with Gasteiger partial charge in [-0.15, -0.1) is 11.3 Å². The van der Waals surface area contributed by atoms with E-state index < -0.39 is 10.2 Å². The molecule has 1 saturated heterocycles. The largest absolute Gasteiger partial charge is 0.338 e. The quantitative estimate of drug-likeness (QED) is 0.819. The minimum absolute atomic E-state index is 0.000931. The molecule has 0 aliphatic carbocycles. The van der Waals surface area contributed by atoms with Gasteiger partial charge in [-0.2, -0.15) is 8.42 Å². The Kier molecular flexibility index (Phi) is 5.19. The molecule has 6 nitrogen and oxygen atoms in total. The summed E-state index contributed by atoms with van der Waals surface area (Å²) in [5, 5.41) is 4.92. The summed E-state index contributed by atoms with van der Waals surface area (Å²) in [7, 11) is -3.67. The van der Waals surface area contributed by atoms with E-state index in [9.17, 15) is 13.2 Å². The van der Waals surface area contributed by atoms with Gasteiger partial charge in [0.1, 0.15) is 0 Å². The fourth-order valence-corrected chi connectivity index (χ4v) is 4.06. The SMILES string of the molecule is NS(=O)(=O)NCC1CCCN(C(=O)c2ccc(Br)s2)C1. The van der Waals surface area contributed by atoms with Crippen LogP contribution in [0.5, 0.6) is 0 Å². The van der Waals surface area contributed by atoms with Gasteiger partial charge in [-0.1, -0.05) is 0 Å². The number of hydrogen-bond acceptors (Lipinski definition) is 4. The van der Waals surface area contributed by atoms with Crippen molar-refractivity contribution < 1.29 is 13.2 Å². The van der Waals surface area contributed by atoms with Crippen LogP contribution in [-0.2, 0) is 10.2 Å². The Bertz CT molecular complexity index is 587. The molecule has 112 valence electrons. The summed E-state index contributed by atoms with van der Waals surface area (Å²) in [5.74, 6) is 0.107. The molecule has 1 unspecified atom stereocenters. The average molecular weight is 382 g/mol. The number of halogens is 1. The number of nitrogens with zero attached hydrogens (tertiary/aromatic N) is 1. The molecule has 20 heavy (non-hydrogen) atoms. The highest BCUT2D eigenvalue weighted by Crippen LogP contribution is 2.25. The monoisotopic (exact) mass is 381 g/mol. The predicted molar refractivity (Wildman–Crippen MR) is 81.8 cm³/mol. The summed E-state index contributed by atoms with van der Waals surface area (Å²) in [6, 6.07) is 3.64. The number of thiophene rings is 1. The highest BCUT2D eigenvalue weighted by molar-refractivity contribution is 9.11. The minimum atomic E-state index is -3.67. The molecule has 1 atom stereocenters. The van der Waals surface area contributed by atoms with Gasteiger partial charge in [0, 0.05) is 19.6 Å². The summed E-state index contributed by atoms with van der Waals surface area (Å²) in [4.78, 5) is 14.8. The van der Waals surface area contributed by atoms with Gasteiger partial charge in [-0.3, -0.25) is 4.79 Å². The van der Waals surface area contributed by atoms with Gasteiger partial charge in [-0.25, -0.2) is 9.86 Å². The summed E-state index contributed by atoms with van der Waals surface area (Å²) < 4.78 is 25.0. The zero-order chi connectivity index (χ0) is 14.8. The topological polar surface area (TPSA) is 92.5 Å². The van der Waals surface area contributed by atoms with Gasteiger partial charge < -0.3 is 4.90 Å². The molecular formula is C11H16BrN3O3S2. The number of carbonyl (C=O) groups excluding carboxylic acids is 1. The van der Waals surface area contributed by atoms with Crippen molar-refractivity contribution in [3.05, 3.63) is 20.8 Å². The first kappa shape index (κ1) is 15.9. The van der Waals surface area contributed by atoms with E-state index in [1.54, 1.807) is 11.0 Å². The van der Waals surface area contributed by atoms with E-state index in [1.807, 2.05) is 6.07 Å². The molecule has 1 aliphatic rings. The van der Waals surface area contributed by atoms with Crippen molar-refractivity contribution in [1.29, 1.82) is 0 Å². The maximum absolute atomic E-state index is 12.3. The maximum atomic E-state index is 12.3. The van der Waals surface area contributed by atoms with Crippen LogP contribution in [0, 0.1) is 5.92 Å². The summed E-state index contributed by atoms with van der Waals surface area (Å²) in [5.41, 5.74) is 0. The highest BCUT2D eigenvalue weighted by atomic mass is 79.9. The van der Waals surface area contributed by atoms with Gasteiger partial charge in [0.15, 0.2) is 0 Å². The lowest BCUT2D eigenvalue weighted by Gasteiger charge is -2.32. The van der Waals surface area contributed by atoms with Crippen LogP contribution in [0.15, 0.2) is 15.9 Å². The second kappa shape index (κ2) is 6.52. The molecule has 0 saturated carbocycles. The first-order chi connectivity index (χ1) is 9.35. The van der Waals surface area contributed by atoms with Crippen LogP contribution in [0.1, 0.15) is 22.5 Å². The summed E-state index contributed by atoms with van der Waals surface area (Å²) in [6.45, 7) is 1.54. The van der Waals surface area contributed by atoms with Crippen molar-refractivity contribution in [2.75, 3.05) is 19.6 Å². The van der Waals surface area contributed by atoms with E-state index in [0.717, 1.165) is 16.6 Å². The first-order valence-corrected chi connectivity index (χ1v) is 9.33. The van der Waals surface area contributed by atoms with E-state index in [0.29, 0.717) is 18.0 Å². The lowest BCUT2D eigenvalue weighted by atomic mass is 9.98. The molecule has 0 bridgehead atoms. The lowest BCUT2D eigenvalue weighted by Crippen LogP contribution is -2.44. The van der Waals surface area contributed by atoms with E-state index in [4.69, 9.17) is 5.14 Å². The van der Waals surface area contributed by atoms with Crippen LogP contribution >= 0.6 is 27.3 Å². The van der Waals surface area contributed by atoms with Gasteiger partial charge in [0.25, 0.3) is 16.1 Å². The molecule has 2 heterocycles. The number of carbonyl (C=O) groups is 1. The number of nitrogens with two attached hydrogens (primary N) is 1. The zero-order valence-electron chi connectivity index (χ0n) is 10.7. The van der Waals surface area contributed by atoms with Crippen molar-refractivity contribution >= 4 is 43.4 Å². The molecule has 1 aromatic rings. The third-order valence-electron chi connectivity index (χ3n) is 3.16. The Morgan fingerprint density at radius 2 is 2.30 bits per heavy atom. The fraction of sp³-hybridized carbons (Fsp3) is 0.545. The normalized spacial score (nSPS) is 20.1. The van der Waals surface area contributed by atoms with Crippen molar-refractivity contribution in [1.82, 2.24) is 9.62 Å². The number of hydrogen-bond donors (Lipinski definition) is 2. The fourth-order valence-electron chi connectivity index (χ4n) is 2.24. The third-order valence-corrected chi connectivity index (χ3v) is 5.34. The minimum Gasteiger partial charge on any atom is -0.338 e. The van der Waals surface area contributed by atoms with E-state index in [-0.39, 0.29) is 18.4 Å². The van der Waals surface area contributed by atoms with Gasteiger partial charge >= 0.3 is 0 Å². The molecular weight excluding hydrogens is 366 g/mol. The Hall–Kier alpha value is -0.480. The first-order valence-electron chi connectivity index (χ1n) is 6.17. The molecule has 2 rings (SSSR count). The third kappa shape index (κ3) is 4.52. The number of nitrogens with one attached hydrogen (secondary N) is 1. The van der Waals surface area contributed by atoms with E-state index >= 15 is 0 Å². The molecule has 1 aliphatic heterocycles. The van der Waals surface area contributed by atoms with Gasteiger partial charge in [0.05, 0.1) is 8.66 Å². The van der Waals surface area contributed by atoms with Crippen LogP contribution in [0.25, 0.3) is 0 Å². The van der Waals surface area contributed by atoms with E-state index in [1.165, 1.54) is 11.3 Å². The second-order valence-corrected chi connectivity index (χ2v) is 8.60. The van der Waals surface area contributed by atoms with Crippen LogP contribution in [0.4, 0.5) is 0 Å². The molecule has 0 radical (unpaired) electrons. The number of amides is 1. The molecule has 1 fully saturated rings. The van der Waals surface area contributed by atoms with E-state index in [2.05, 4.69) is 20.7 Å². The Morgan fingerprint density at radius 1 is 1.55 bits per heavy atom. The van der Waals surface area contributed by atoms with Crippen molar-refractivity contribution in [2.45, 2.75) is 12.8 Å². The van der Waals surface area contributed by atoms with Crippen LogP contribution in [0.2, 0.25) is 0 Å². The van der Waals surface area contributed by atoms with Crippen LogP contribution in [-0.4, -0.2) is 38.9 Å². The maximum Gasteiger partial charge on any atom is 0.274 e. The molecule has 1 amide bonds. The summed E-state index contributed by atoms with van der Waals surface area (Å²) >= 11 is 4.74. The number of likely N-dealkylation sites (tertiary alicyclic amines) is 1. The van der Waals surface area contributed by atoms with Crippen LogP contribution in [0.3, 0.4) is 0 Å². The Morgan fingerprint density at radius 3 is 2.90 bits per heavy atom. The van der Waals surface area contributed by atoms with Crippen molar-refractivity contribution in [2.24, 2.45) is 11.1 Å².